The number of aromatic nitrogens is 4. The number of carbonyl (C=O) groups is 4. The van der Waals surface area contributed by atoms with E-state index in [9.17, 15) is 19.2 Å². The lowest BCUT2D eigenvalue weighted by atomic mass is 9.84. The zero-order valence-electron chi connectivity index (χ0n) is 37.3. The first-order chi connectivity index (χ1) is 32.3. The van der Waals surface area contributed by atoms with E-state index < -0.39 is 24.3 Å². The lowest BCUT2D eigenvalue weighted by Gasteiger charge is -2.36. The minimum Gasteiger partial charge on any atom is -0.453 e. The fourth-order valence-corrected chi connectivity index (χ4v) is 11.4. The predicted octanol–water partition coefficient (Wildman–Crippen LogP) is 9.48. The molecule has 4 aromatic carbocycles. The first-order valence-electron chi connectivity index (χ1n) is 23.4. The summed E-state index contributed by atoms with van der Waals surface area (Å²) in [6.07, 6.45) is 10.4. The van der Waals surface area contributed by atoms with Crippen LogP contribution in [0.5, 0.6) is 0 Å². The van der Waals surface area contributed by atoms with E-state index in [1.54, 1.807) is 0 Å². The third kappa shape index (κ3) is 8.29. The Morgan fingerprint density at radius 3 is 1.65 bits per heavy atom. The first-order valence-corrected chi connectivity index (χ1v) is 23.4. The zero-order chi connectivity index (χ0) is 45.3. The van der Waals surface area contributed by atoms with Crippen molar-refractivity contribution in [3.8, 4) is 22.4 Å². The minimum absolute atomic E-state index is 0.0567. The number of likely N-dealkylation sites (tertiary alicyclic amines) is 2. The number of ether oxygens (including phenoxy) is 2. The average Bonchev–Trinajstić information content (AvgIpc) is 4.19. The molecule has 0 bridgehead atoms. The Morgan fingerprint density at radius 1 is 0.606 bits per heavy atom. The molecule has 66 heavy (non-hydrogen) atoms. The van der Waals surface area contributed by atoms with E-state index in [2.05, 4.69) is 57.0 Å². The third-order valence-electron chi connectivity index (χ3n) is 14.6. The molecule has 0 unspecified atom stereocenters. The second-order valence-electron chi connectivity index (χ2n) is 18.3. The van der Waals surface area contributed by atoms with Crippen molar-refractivity contribution in [1.82, 2.24) is 40.4 Å². The predicted molar refractivity (Wildman–Crippen MR) is 248 cm³/mol. The second kappa shape index (κ2) is 18.5. The maximum atomic E-state index is 14.7. The van der Waals surface area contributed by atoms with Gasteiger partial charge in [-0.15, -0.1) is 0 Å². The van der Waals surface area contributed by atoms with Crippen LogP contribution in [0.25, 0.3) is 33.4 Å². The molecule has 4 N–H and O–H groups in total. The SMILES string of the molecule is COC(=O)N[C@@H](C(=O)N1[C@@H]2CCCC[C@@H]2C[C@H]1c1ncc(-c2ccc(-c3ccc4[nH]c([C@@H]5C[C@H]6CCCC[C@H]6N5C(=O)[C@H](NC(=O)OC)c5ccccc5)nc4c3)cc2)[nH]1)c1ccccc1. The molecule has 2 aliphatic heterocycles. The van der Waals surface area contributed by atoms with Crippen molar-refractivity contribution < 1.29 is 28.7 Å². The number of amides is 4. The smallest absolute Gasteiger partial charge is 0.407 e. The van der Waals surface area contributed by atoms with E-state index in [0.717, 1.165) is 109 Å². The van der Waals surface area contributed by atoms with Crippen LogP contribution >= 0.6 is 0 Å². The van der Waals surface area contributed by atoms with Crippen molar-refractivity contribution in [2.45, 2.75) is 100 Å². The lowest BCUT2D eigenvalue weighted by molar-refractivity contribution is -0.138. The Hall–Kier alpha value is -6.96. The van der Waals surface area contributed by atoms with E-state index in [0.29, 0.717) is 23.0 Å². The fraction of sp³-hybridized carbons (Fsp3) is 0.385. The monoisotopic (exact) mass is 888 g/mol. The number of carbonyl (C=O) groups excluding carboxylic acids is 4. The van der Waals surface area contributed by atoms with Gasteiger partial charge in [0.25, 0.3) is 11.8 Å². The Morgan fingerprint density at radius 2 is 1.11 bits per heavy atom. The summed E-state index contributed by atoms with van der Waals surface area (Å²) in [7, 11) is 2.61. The number of methoxy groups -OCH3 is 2. The van der Waals surface area contributed by atoms with Gasteiger partial charge in [0.2, 0.25) is 0 Å². The van der Waals surface area contributed by atoms with Gasteiger partial charge in [-0.3, -0.25) is 9.59 Å². The summed E-state index contributed by atoms with van der Waals surface area (Å²) >= 11 is 0. The quantitative estimate of drug-likeness (QED) is 0.105. The second-order valence-corrected chi connectivity index (χ2v) is 18.3. The summed E-state index contributed by atoms with van der Waals surface area (Å²) < 4.78 is 9.91. The number of nitrogens with one attached hydrogen (secondary N) is 4. The Bertz CT molecular complexity index is 2700. The highest BCUT2D eigenvalue weighted by Gasteiger charge is 2.50. The van der Waals surface area contributed by atoms with Crippen molar-refractivity contribution in [3.05, 3.63) is 132 Å². The number of fused-ring (bicyclic) bond motifs is 3. The number of H-pyrrole nitrogens is 2. The third-order valence-corrected chi connectivity index (χ3v) is 14.6. The van der Waals surface area contributed by atoms with E-state index in [1.807, 2.05) is 82.7 Å². The van der Waals surface area contributed by atoms with Gasteiger partial charge in [0.15, 0.2) is 0 Å². The van der Waals surface area contributed by atoms with Crippen LogP contribution in [0.2, 0.25) is 0 Å². The molecule has 4 heterocycles. The summed E-state index contributed by atoms with van der Waals surface area (Å²) in [5.41, 5.74) is 6.95. The van der Waals surface area contributed by atoms with Crippen LogP contribution in [0.4, 0.5) is 9.59 Å². The van der Waals surface area contributed by atoms with Crippen molar-refractivity contribution in [3.63, 3.8) is 0 Å². The molecule has 4 fully saturated rings. The summed E-state index contributed by atoms with van der Waals surface area (Å²) in [4.78, 5) is 75.6. The van der Waals surface area contributed by atoms with Crippen LogP contribution < -0.4 is 10.6 Å². The van der Waals surface area contributed by atoms with Crippen LogP contribution in [-0.2, 0) is 19.1 Å². The number of alkyl carbamates (subject to hydrolysis) is 2. The standard InChI is InChI=1S/C52H56N8O6/c1-65-51(63)57-45(33-13-5-3-6-14-33)49(61)59-41-19-11-9-17-36(41)28-43(59)47-53-30-40(56-47)32-23-21-31(22-24-32)35-25-26-38-39(27-35)55-48(54-38)44-29-37-18-10-12-20-42(37)60(44)50(62)46(58-52(64)66-2)34-15-7-4-8-16-34/h3-8,13-16,21-27,30,36-37,41-46H,9-12,17-20,28-29H2,1-2H3,(H,53,56)(H,54,55)(H,57,63)(H,58,64)/t36-,37-,41-,42-,43+,44+,45-,46-/m1/s1. The molecule has 6 aromatic rings. The van der Waals surface area contributed by atoms with Crippen LogP contribution in [0.3, 0.4) is 0 Å². The number of hydrogen-bond acceptors (Lipinski definition) is 8. The Balaban J connectivity index is 0.892. The topological polar surface area (TPSA) is 175 Å². The van der Waals surface area contributed by atoms with E-state index in [1.165, 1.54) is 14.2 Å². The van der Waals surface area contributed by atoms with Crippen molar-refractivity contribution in [1.29, 1.82) is 0 Å². The van der Waals surface area contributed by atoms with Gasteiger partial charge in [0.05, 0.1) is 49.2 Å². The highest BCUT2D eigenvalue weighted by atomic mass is 16.5. The number of imidazole rings is 2. The van der Waals surface area contributed by atoms with Crippen LogP contribution in [0.15, 0.2) is 109 Å². The number of aromatic amines is 2. The molecule has 10 rings (SSSR count). The highest BCUT2D eigenvalue weighted by Crippen LogP contribution is 2.49. The van der Waals surface area contributed by atoms with Gasteiger partial charge < -0.3 is 39.9 Å². The van der Waals surface area contributed by atoms with Gasteiger partial charge in [-0.1, -0.05) is 117 Å². The van der Waals surface area contributed by atoms with Crippen molar-refractivity contribution >= 4 is 35.0 Å². The molecule has 14 nitrogen and oxygen atoms in total. The molecule has 0 spiro atoms. The van der Waals surface area contributed by atoms with E-state index in [-0.39, 0.29) is 36.0 Å². The van der Waals surface area contributed by atoms with Crippen LogP contribution in [0.1, 0.15) is 111 Å². The molecule has 2 aromatic heterocycles. The molecule has 14 heteroatoms. The summed E-state index contributed by atoms with van der Waals surface area (Å²) in [5.74, 6) is 1.86. The summed E-state index contributed by atoms with van der Waals surface area (Å²) in [6, 6.07) is 31.0. The molecule has 4 amide bonds. The van der Waals surface area contributed by atoms with Crippen molar-refractivity contribution in [2.24, 2.45) is 11.8 Å². The van der Waals surface area contributed by atoms with Crippen LogP contribution in [-0.4, -0.2) is 80.0 Å². The van der Waals surface area contributed by atoms with Gasteiger partial charge in [0.1, 0.15) is 23.7 Å². The number of benzene rings is 4. The van der Waals surface area contributed by atoms with Crippen molar-refractivity contribution in [2.75, 3.05) is 14.2 Å². The molecule has 340 valence electrons. The zero-order valence-corrected chi connectivity index (χ0v) is 37.3. The van der Waals surface area contributed by atoms with Crippen LogP contribution in [0, 0.1) is 11.8 Å². The largest absolute Gasteiger partial charge is 0.453 e. The molecule has 2 saturated heterocycles. The molecule has 2 aliphatic carbocycles. The Kier molecular flexibility index (Phi) is 12.0. The maximum Gasteiger partial charge on any atom is 0.407 e. The fourth-order valence-electron chi connectivity index (χ4n) is 11.4. The lowest BCUT2D eigenvalue weighted by Crippen LogP contribution is -2.47. The summed E-state index contributed by atoms with van der Waals surface area (Å²) in [5, 5.41) is 5.63. The molecular formula is C52H56N8O6. The number of rotatable bonds is 10. The van der Waals surface area contributed by atoms with E-state index in [4.69, 9.17) is 19.4 Å². The number of nitrogens with zero attached hydrogens (tertiary/aromatic N) is 4. The van der Waals surface area contributed by atoms with Gasteiger partial charge >= 0.3 is 12.2 Å². The number of hydrogen-bond donors (Lipinski definition) is 4. The van der Waals surface area contributed by atoms with Gasteiger partial charge in [-0.25, -0.2) is 19.6 Å². The average molecular weight is 889 g/mol. The molecular weight excluding hydrogens is 833 g/mol. The molecule has 0 radical (unpaired) electrons. The molecule has 8 atom stereocenters. The minimum atomic E-state index is -0.894. The highest BCUT2D eigenvalue weighted by molar-refractivity contribution is 5.89. The van der Waals surface area contributed by atoms with Gasteiger partial charge in [-0.05, 0) is 90.3 Å². The van der Waals surface area contributed by atoms with Gasteiger partial charge in [-0.2, -0.15) is 0 Å². The van der Waals surface area contributed by atoms with Gasteiger partial charge in [0, 0.05) is 12.1 Å². The van der Waals surface area contributed by atoms with E-state index >= 15 is 0 Å². The summed E-state index contributed by atoms with van der Waals surface area (Å²) in [6.45, 7) is 0. The first kappa shape index (κ1) is 43.0. The Labute approximate surface area is 383 Å². The normalized spacial score (nSPS) is 23.4. The maximum absolute atomic E-state index is 14.7. The molecule has 4 aliphatic rings. The molecule has 2 saturated carbocycles.